The zero-order chi connectivity index (χ0) is 20.3. The molecule has 0 bridgehead atoms. The van der Waals surface area contributed by atoms with Crippen LogP contribution in [0.25, 0.3) is 0 Å². The number of rotatable bonds is 13. The minimum atomic E-state index is 0.00655. The zero-order valence-corrected chi connectivity index (χ0v) is 19.2. The summed E-state index contributed by atoms with van der Waals surface area (Å²) >= 11 is 0. The predicted octanol–water partition coefficient (Wildman–Crippen LogP) is 6.88. The topological polar surface area (TPSA) is 29.5 Å². The van der Waals surface area contributed by atoms with Crippen molar-refractivity contribution in [2.45, 2.75) is 142 Å². The van der Waals surface area contributed by atoms with Crippen molar-refractivity contribution in [2.24, 2.45) is 0 Å². The lowest BCUT2D eigenvalue weighted by molar-refractivity contribution is -0.159. The monoisotopic (exact) mass is 381 g/mol. The first kappa shape index (κ1) is 24.5. The highest BCUT2D eigenvalue weighted by Crippen LogP contribution is 2.38. The molecule has 1 heterocycles. The van der Waals surface area contributed by atoms with Crippen molar-refractivity contribution in [1.82, 2.24) is 4.90 Å². The van der Waals surface area contributed by atoms with Gasteiger partial charge < -0.3 is 4.74 Å². The molecule has 1 aliphatic heterocycles. The van der Waals surface area contributed by atoms with Gasteiger partial charge >= 0.3 is 5.97 Å². The van der Waals surface area contributed by atoms with Gasteiger partial charge in [-0.1, -0.05) is 71.1 Å². The van der Waals surface area contributed by atoms with Gasteiger partial charge in [-0.05, 0) is 41.2 Å². The van der Waals surface area contributed by atoms with Crippen LogP contribution in [0.2, 0.25) is 0 Å². The molecule has 0 aromatic heterocycles. The average Bonchev–Trinajstić information content (AvgIpc) is 2.57. The Morgan fingerprint density at radius 2 is 1.22 bits per heavy atom. The highest BCUT2D eigenvalue weighted by Gasteiger charge is 2.44. The SMILES string of the molecule is CCCCCCCCCCCCCC(=O)OC1CC(C)(C)N(C)C(C)(C)C1. The third-order valence-corrected chi connectivity index (χ3v) is 6.55. The second-order valence-electron chi connectivity index (χ2n) is 9.99. The number of ether oxygens (including phenoxy) is 1. The molecule has 0 spiro atoms. The Kier molecular flexibility index (Phi) is 11.0. The Bertz CT molecular complexity index is 399. The minimum Gasteiger partial charge on any atom is -0.462 e. The van der Waals surface area contributed by atoms with Gasteiger partial charge in [-0.3, -0.25) is 9.69 Å². The van der Waals surface area contributed by atoms with E-state index in [2.05, 4.69) is 46.6 Å². The van der Waals surface area contributed by atoms with Gasteiger partial charge in [0, 0.05) is 30.3 Å². The highest BCUT2D eigenvalue weighted by atomic mass is 16.5. The molecular weight excluding hydrogens is 334 g/mol. The average molecular weight is 382 g/mol. The number of nitrogens with zero attached hydrogens (tertiary/aromatic N) is 1. The molecule has 0 aliphatic carbocycles. The van der Waals surface area contributed by atoms with E-state index in [1.54, 1.807) is 0 Å². The summed E-state index contributed by atoms with van der Waals surface area (Å²) in [5.41, 5.74) is 0.145. The van der Waals surface area contributed by atoms with Crippen LogP contribution in [0.4, 0.5) is 0 Å². The second-order valence-corrected chi connectivity index (χ2v) is 9.99. The molecule has 0 N–H and O–H groups in total. The number of esters is 1. The van der Waals surface area contributed by atoms with E-state index >= 15 is 0 Å². The van der Waals surface area contributed by atoms with Crippen LogP contribution in [0.3, 0.4) is 0 Å². The maximum absolute atomic E-state index is 12.2. The second kappa shape index (κ2) is 12.1. The van der Waals surface area contributed by atoms with E-state index in [0.717, 1.165) is 25.7 Å². The Labute approximate surface area is 169 Å². The summed E-state index contributed by atoms with van der Waals surface area (Å²) in [6.45, 7) is 11.3. The molecular formula is C24H47NO2. The summed E-state index contributed by atoms with van der Waals surface area (Å²) in [4.78, 5) is 14.7. The summed E-state index contributed by atoms with van der Waals surface area (Å²) in [6.07, 6.45) is 16.9. The van der Waals surface area contributed by atoms with Crippen LogP contribution < -0.4 is 0 Å². The first-order valence-corrected chi connectivity index (χ1v) is 11.6. The van der Waals surface area contributed by atoms with Crippen molar-refractivity contribution in [3.05, 3.63) is 0 Å². The lowest BCUT2D eigenvalue weighted by atomic mass is 9.79. The van der Waals surface area contributed by atoms with Crippen molar-refractivity contribution < 1.29 is 9.53 Å². The molecule has 3 heteroatoms. The van der Waals surface area contributed by atoms with E-state index in [1.807, 2.05) is 0 Å². The molecule has 0 unspecified atom stereocenters. The molecule has 0 atom stereocenters. The Hall–Kier alpha value is -0.570. The van der Waals surface area contributed by atoms with Gasteiger partial charge in [0.2, 0.25) is 0 Å². The van der Waals surface area contributed by atoms with Crippen molar-refractivity contribution >= 4 is 5.97 Å². The van der Waals surface area contributed by atoms with Crippen molar-refractivity contribution in [1.29, 1.82) is 0 Å². The molecule has 0 aromatic rings. The number of likely N-dealkylation sites (tertiary alicyclic amines) is 1. The maximum atomic E-state index is 12.2. The molecule has 1 rings (SSSR count). The lowest BCUT2D eigenvalue weighted by Gasteiger charge is -2.53. The molecule has 0 aromatic carbocycles. The fourth-order valence-electron chi connectivity index (χ4n) is 4.54. The van der Waals surface area contributed by atoms with Gasteiger partial charge in [-0.25, -0.2) is 0 Å². The summed E-state index contributed by atoms with van der Waals surface area (Å²) in [7, 11) is 2.18. The van der Waals surface area contributed by atoms with Crippen LogP contribution in [0.5, 0.6) is 0 Å². The number of piperidine rings is 1. The van der Waals surface area contributed by atoms with E-state index in [0.29, 0.717) is 6.42 Å². The van der Waals surface area contributed by atoms with E-state index in [9.17, 15) is 4.79 Å². The maximum Gasteiger partial charge on any atom is 0.306 e. The summed E-state index contributed by atoms with van der Waals surface area (Å²) < 4.78 is 5.84. The minimum absolute atomic E-state index is 0.00655. The standard InChI is InChI=1S/C24H47NO2/c1-7-8-9-10-11-12-13-14-15-16-17-18-22(26)27-21-19-23(2,3)25(6)24(4,5)20-21/h21H,7-20H2,1-6H3. The van der Waals surface area contributed by atoms with Gasteiger partial charge in [0.05, 0.1) is 0 Å². The quantitative estimate of drug-likeness (QED) is 0.257. The molecule has 27 heavy (non-hydrogen) atoms. The molecule has 0 amide bonds. The molecule has 0 radical (unpaired) electrons. The smallest absolute Gasteiger partial charge is 0.306 e. The Balaban J connectivity index is 2.08. The van der Waals surface area contributed by atoms with Crippen LogP contribution in [0.1, 0.15) is 125 Å². The van der Waals surface area contributed by atoms with Gasteiger partial charge in [0.25, 0.3) is 0 Å². The molecule has 160 valence electrons. The zero-order valence-electron chi connectivity index (χ0n) is 19.2. The van der Waals surface area contributed by atoms with Gasteiger partial charge in [0.1, 0.15) is 6.10 Å². The highest BCUT2D eigenvalue weighted by molar-refractivity contribution is 5.69. The van der Waals surface area contributed by atoms with Crippen LogP contribution >= 0.6 is 0 Å². The molecule has 1 saturated heterocycles. The van der Waals surface area contributed by atoms with Crippen molar-refractivity contribution in [2.75, 3.05) is 7.05 Å². The van der Waals surface area contributed by atoms with Gasteiger partial charge in [-0.2, -0.15) is 0 Å². The van der Waals surface area contributed by atoms with E-state index in [1.165, 1.54) is 57.8 Å². The molecule has 0 saturated carbocycles. The molecule has 1 aliphatic rings. The fourth-order valence-corrected chi connectivity index (χ4v) is 4.54. The van der Waals surface area contributed by atoms with E-state index in [-0.39, 0.29) is 23.2 Å². The van der Waals surface area contributed by atoms with E-state index in [4.69, 9.17) is 4.74 Å². The van der Waals surface area contributed by atoms with Crippen LogP contribution in [-0.4, -0.2) is 35.1 Å². The number of carbonyl (C=O) groups excluding carboxylic acids is 1. The number of unbranched alkanes of at least 4 members (excludes halogenated alkanes) is 10. The number of hydrogen-bond acceptors (Lipinski definition) is 3. The summed E-state index contributed by atoms with van der Waals surface area (Å²) in [5.74, 6) is 0.00655. The Morgan fingerprint density at radius 3 is 1.67 bits per heavy atom. The largest absolute Gasteiger partial charge is 0.462 e. The molecule has 1 fully saturated rings. The summed E-state index contributed by atoms with van der Waals surface area (Å²) in [5, 5.41) is 0. The van der Waals surface area contributed by atoms with Crippen LogP contribution in [0.15, 0.2) is 0 Å². The Morgan fingerprint density at radius 1 is 0.815 bits per heavy atom. The van der Waals surface area contributed by atoms with Crippen LogP contribution in [0, 0.1) is 0 Å². The third kappa shape index (κ3) is 9.45. The molecule has 3 nitrogen and oxygen atoms in total. The first-order chi connectivity index (χ1) is 12.7. The normalized spacial score (nSPS) is 19.9. The van der Waals surface area contributed by atoms with Crippen molar-refractivity contribution in [3.63, 3.8) is 0 Å². The predicted molar refractivity (Wildman–Crippen MR) is 116 cm³/mol. The van der Waals surface area contributed by atoms with E-state index < -0.39 is 0 Å². The third-order valence-electron chi connectivity index (χ3n) is 6.55. The van der Waals surface area contributed by atoms with Crippen molar-refractivity contribution in [3.8, 4) is 0 Å². The van der Waals surface area contributed by atoms with Crippen LogP contribution in [-0.2, 0) is 9.53 Å². The van der Waals surface area contributed by atoms with Gasteiger partial charge in [-0.15, -0.1) is 0 Å². The first-order valence-electron chi connectivity index (χ1n) is 11.6. The fraction of sp³-hybridized carbons (Fsp3) is 0.958. The number of carbonyl (C=O) groups is 1. The number of hydrogen-bond donors (Lipinski definition) is 0. The lowest BCUT2D eigenvalue weighted by Crippen LogP contribution is -2.60. The van der Waals surface area contributed by atoms with Gasteiger partial charge in [0.15, 0.2) is 0 Å². The summed E-state index contributed by atoms with van der Waals surface area (Å²) in [6, 6.07) is 0.